The van der Waals surface area contributed by atoms with E-state index in [9.17, 15) is 31.1 Å². The largest absolute Gasteiger partial charge is 0.465 e. The molecule has 0 atom stereocenters. The van der Waals surface area contributed by atoms with Crippen LogP contribution in [-0.4, -0.2) is 38.6 Å². The number of aromatic nitrogens is 2. The number of anilines is 1. The Morgan fingerprint density at radius 1 is 1.05 bits per heavy atom. The summed E-state index contributed by atoms with van der Waals surface area (Å²) in [6.07, 6.45) is -13.7. The molecule has 12 heteroatoms. The van der Waals surface area contributed by atoms with E-state index in [4.69, 9.17) is 10.2 Å². The predicted molar refractivity (Wildman–Crippen MR) is 49.7 cm³/mol. The Bertz CT molecular complexity index is 484. The first kappa shape index (κ1) is 15.9. The van der Waals surface area contributed by atoms with E-state index in [1.165, 1.54) is 5.32 Å². The molecule has 3 N–H and O–H groups in total. The van der Waals surface area contributed by atoms with Crippen LogP contribution in [0.1, 0.15) is 5.56 Å². The number of carboxylic acid groups (broad SMARTS) is 1. The minimum absolute atomic E-state index is 0.0270. The second-order valence-electron chi connectivity index (χ2n) is 3.43. The molecule has 112 valence electrons. The van der Waals surface area contributed by atoms with Crippen LogP contribution in [0.15, 0.2) is 12.4 Å². The summed E-state index contributed by atoms with van der Waals surface area (Å²) in [6, 6.07) is 0. The zero-order valence-electron chi connectivity index (χ0n) is 9.12. The molecule has 0 bridgehead atoms. The number of nitrogens with zero attached hydrogens (tertiary/aromatic N) is 2. The van der Waals surface area contributed by atoms with Crippen LogP contribution in [0, 0.1) is 0 Å². The predicted octanol–water partition coefficient (Wildman–Crippen LogP) is 1.88. The van der Waals surface area contributed by atoms with Crippen molar-refractivity contribution in [3.05, 3.63) is 18.0 Å². The highest BCUT2D eigenvalue weighted by molar-refractivity contribution is 5.80. The topological polar surface area (TPSA) is 95.3 Å². The summed E-state index contributed by atoms with van der Waals surface area (Å²) >= 11 is 0. The number of halogens is 6. The summed E-state index contributed by atoms with van der Waals surface area (Å²) in [5, 5.41) is 18.7. The van der Waals surface area contributed by atoms with Gasteiger partial charge in [0.05, 0.1) is 0 Å². The molecule has 0 fully saturated rings. The molecule has 1 heterocycles. The van der Waals surface area contributed by atoms with Crippen molar-refractivity contribution in [2.75, 3.05) is 5.32 Å². The molecule has 0 radical (unpaired) electrons. The monoisotopic (exact) mass is 305 g/mol. The number of hydrogen-bond donors (Lipinski definition) is 3. The fraction of sp³-hybridized carbons (Fsp3) is 0.375. The number of hydrogen-bond acceptors (Lipinski definition) is 4. The van der Waals surface area contributed by atoms with Gasteiger partial charge in [0.2, 0.25) is 5.95 Å². The molecule has 0 aliphatic rings. The van der Waals surface area contributed by atoms with Crippen molar-refractivity contribution >= 4 is 12.0 Å². The molecule has 20 heavy (non-hydrogen) atoms. The van der Waals surface area contributed by atoms with Crippen molar-refractivity contribution in [3.8, 4) is 0 Å². The lowest BCUT2D eigenvalue weighted by molar-refractivity contribution is -0.376. The third-order valence-electron chi connectivity index (χ3n) is 2.11. The van der Waals surface area contributed by atoms with Gasteiger partial charge in [0.25, 0.3) is 5.60 Å². The quantitative estimate of drug-likeness (QED) is 0.725. The maximum atomic E-state index is 12.5. The highest BCUT2D eigenvalue weighted by atomic mass is 19.4. The van der Waals surface area contributed by atoms with E-state index in [-0.39, 0.29) is 12.4 Å². The Hall–Kier alpha value is -2.11. The maximum absolute atomic E-state index is 12.5. The van der Waals surface area contributed by atoms with Crippen LogP contribution in [0.25, 0.3) is 0 Å². The molecule has 6 nitrogen and oxygen atoms in total. The van der Waals surface area contributed by atoms with Crippen LogP contribution in [0.2, 0.25) is 0 Å². The lowest BCUT2D eigenvalue weighted by Gasteiger charge is -2.31. The van der Waals surface area contributed by atoms with Gasteiger partial charge in [-0.3, -0.25) is 5.32 Å². The van der Waals surface area contributed by atoms with Crippen molar-refractivity contribution < 1.29 is 41.4 Å². The number of rotatable bonds is 2. The second-order valence-corrected chi connectivity index (χ2v) is 3.43. The first-order chi connectivity index (χ1) is 8.89. The number of carbonyl (C=O) groups is 1. The normalized spacial score (nSPS) is 13.2. The molecule has 1 amide bonds. The van der Waals surface area contributed by atoms with Crippen LogP contribution in [0.5, 0.6) is 0 Å². The van der Waals surface area contributed by atoms with E-state index in [0.29, 0.717) is 0 Å². The van der Waals surface area contributed by atoms with Gasteiger partial charge in [-0.05, 0) is 0 Å². The minimum atomic E-state index is -6.06. The van der Waals surface area contributed by atoms with Crippen LogP contribution in [0.4, 0.5) is 37.1 Å². The van der Waals surface area contributed by atoms with Gasteiger partial charge in [-0.2, -0.15) is 26.3 Å². The van der Waals surface area contributed by atoms with Crippen LogP contribution < -0.4 is 5.32 Å². The standard InChI is InChI=1S/C8H5F6N3O3/c9-7(10,11)6(20,8(12,13)14)3-1-15-4(16-2-3)17-5(18)19/h1-2,20H,(H,18,19)(H,15,16,17). The van der Waals surface area contributed by atoms with Gasteiger partial charge in [0.15, 0.2) is 0 Å². The molecular formula is C8H5F6N3O3. The molecule has 0 saturated carbocycles. The van der Waals surface area contributed by atoms with Crippen molar-refractivity contribution in [3.63, 3.8) is 0 Å². The summed E-state index contributed by atoms with van der Waals surface area (Å²) in [7, 11) is 0. The third kappa shape index (κ3) is 2.74. The zero-order chi connectivity index (χ0) is 15.8. The van der Waals surface area contributed by atoms with Gasteiger partial charge in [-0.25, -0.2) is 14.8 Å². The Labute approximate surface area is 106 Å². The molecule has 0 aliphatic carbocycles. The summed E-state index contributed by atoms with van der Waals surface area (Å²) in [5.41, 5.74) is -6.84. The van der Waals surface area contributed by atoms with E-state index in [1.807, 2.05) is 0 Å². The summed E-state index contributed by atoms with van der Waals surface area (Å²) in [6.45, 7) is 0. The van der Waals surface area contributed by atoms with Crippen molar-refractivity contribution in [1.82, 2.24) is 9.97 Å². The summed E-state index contributed by atoms with van der Waals surface area (Å²) in [4.78, 5) is 16.1. The lowest BCUT2D eigenvalue weighted by atomic mass is 9.95. The molecule has 0 aliphatic heterocycles. The van der Waals surface area contributed by atoms with Crippen LogP contribution in [-0.2, 0) is 5.60 Å². The molecular weight excluding hydrogens is 300 g/mol. The number of amides is 1. The summed E-state index contributed by atoms with van der Waals surface area (Å²) < 4.78 is 74.8. The maximum Gasteiger partial charge on any atom is 0.430 e. The average Bonchev–Trinajstić information content (AvgIpc) is 2.25. The SMILES string of the molecule is O=C(O)Nc1ncc(C(O)(C(F)(F)F)C(F)(F)F)cn1. The van der Waals surface area contributed by atoms with Gasteiger partial charge in [0.1, 0.15) is 0 Å². The molecule has 0 aromatic carbocycles. The lowest BCUT2D eigenvalue weighted by Crippen LogP contribution is -2.54. The summed E-state index contributed by atoms with van der Waals surface area (Å²) in [5.74, 6) is -0.743. The second kappa shape index (κ2) is 4.77. The Balaban J connectivity index is 3.27. The van der Waals surface area contributed by atoms with Crippen LogP contribution >= 0.6 is 0 Å². The minimum Gasteiger partial charge on any atom is -0.465 e. The third-order valence-corrected chi connectivity index (χ3v) is 2.11. The first-order valence-electron chi connectivity index (χ1n) is 4.58. The van der Waals surface area contributed by atoms with Gasteiger partial charge < -0.3 is 10.2 Å². The highest BCUT2D eigenvalue weighted by Crippen LogP contribution is 2.49. The molecule has 1 aromatic rings. The smallest absolute Gasteiger partial charge is 0.430 e. The van der Waals surface area contributed by atoms with Crippen molar-refractivity contribution in [2.45, 2.75) is 18.0 Å². The fourth-order valence-electron chi connectivity index (χ4n) is 1.16. The van der Waals surface area contributed by atoms with Gasteiger partial charge in [-0.1, -0.05) is 0 Å². The molecule has 0 spiro atoms. The molecule has 0 unspecified atom stereocenters. The Morgan fingerprint density at radius 2 is 1.45 bits per heavy atom. The Kier molecular flexibility index (Phi) is 3.81. The number of alkyl halides is 6. The van der Waals surface area contributed by atoms with E-state index < -0.39 is 35.6 Å². The number of aliphatic hydroxyl groups is 1. The van der Waals surface area contributed by atoms with E-state index in [0.717, 1.165) is 0 Å². The average molecular weight is 305 g/mol. The Morgan fingerprint density at radius 3 is 1.75 bits per heavy atom. The van der Waals surface area contributed by atoms with Crippen molar-refractivity contribution in [1.29, 1.82) is 0 Å². The molecule has 1 aromatic heterocycles. The van der Waals surface area contributed by atoms with Gasteiger partial charge >= 0.3 is 18.4 Å². The van der Waals surface area contributed by atoms with E-state index in [1.54, 1.807) is 0 Å². The molecule has 1 rings (SSSR count). The van der Waals surface area contributed by atoms with Gasteiger partial charge in [-0.15, -0.1) is 0 Å². The zero-order valence-corrected chi connectivity index (χ0v) is 9.12. The van der Waals surface area contributed by atoms with Crippen LogP contribution in [0.3, 0.4) is 0 Å². The first-order valence-corrected chi connectivity index (χ1v) is 4.58. The fourth-order valence-corrected chi connectivity index (χ4v) is 1.16. The number of nitrogens with one attached hydrogen (secondary N) is 1. The van der Waals surface area contributed by atoms with Crippen molar-refractivity contribution in [2.24, 2.45) is 0 Å². The van der Waals surface area contributed by atoms with E-state index >= 15 is 0 Å². The highest BCUT2D eigenvalue weighted by Gasteiger charge is 2.71. The van der Waals surface area contributed by atoms with Gasteiger partial charge in [0, 0.05) is 18.0 Å². The van der Waals surface area contributed by atoms with E-state index in [2.05, 4.69) is 9.97 Å². The molecule has 0 saturated heterocycles.